The molecule has 0 aliphatic carbocycles. The second kappa shape index (κ2) is 7.05. The fraction of sp³-hybridized carbons (Fsp3) is 0.133. The van der Waals surface area contributed by atoms with Gasteiger partial charge < -0.3 is 5.32 Å². The summed E-state index contributed by atoms with van der Waals surface area (Å²) in [5, 5.41) is 5.45. The number of benzene rings is 1. The highest BCUT2D eigenvalue weighted by atomic mass is 35.5. The second-order valence-electron chi connectivity index (χ2n) is 4.72. The van der Waals surface area contributed by atoms with Crippen LogP contribution in [-0.4, -0.2) is 21.6 Å². The van der Waals surface area contributed by atoms with Crippen LogP contribution in [0.3, 0.4) is 0 Å². The summed E-state index contributed by atoms with van der Waals surface area (Å²) < 4.78 is 0. The molecule has 2 aromatic heterocycles. The highest BCUT2D eigenvalue weighted by Gasteiger charge is 2.10. The number of anilines is 1. The van der Waals surface area contributed by atoms with Gasteiger partial charge in [0.05, 0.1) is 15.8 Å². The van der Waals surface area contributed by atoms with E-state index < -0.39 is 0 Å². The number of thioether (sulfide) groups is 1. The minimum Gasteiger partial charge on any atom is -0.325 e. The maximum Gasteiger partial charge on any atom is 0.234 e. The van der Waals surface area contributed by atoms with E-state index in [4.69, 9.17) is 23.2 Å². The molecule has 118 valence electrons. The lowest BCUT2D eigenvalue weighted by molar-refractivity contribution is -0.113. The van der Waals surface area contributed by atoms with Crippen LogP contribution < -0.4 is 5.32 Å². The first-order chi connectivity index (χ1) is 11.0. The third-order valence-corrected chi connectivity index (χ3v) is 5.66. The third-order valence-electron chi connectivity index (χ3n) is 2.96. The van der Waals surface area contributed by atoms with Gasteiger partial charge in [-0.25, -0.2) is 9.97 Å². The monoisotopic (exact) mass is 383 g/mol. The SMILES string of the molecule is Cc1cc2c(SCC(=O)Nc3ccc(Cl)c(Cl)c3)ncnc2s1. The molecule has 0 aliphatic heterocycles. The summed E-state index contributed by atoms with van der Waals surface area (Å²) in [4.78, 5) is 22.7. The van der Waals surface area contributed by atoms with E-state index in [1.807, 2.05) is 13.0 Å². The predicted octanol–water partition coefficient (Wildman–Crippen LogP) is 5.04. The fourth-order valence-corrected chi connectivity index (χ4v) is 3.96. The van der Waals surface area contributed by atoms with Crippen molar-refractivity contribution in [1.29, 1.82) is 0 Å². The Labute approximate surface area is 151 Å². The number of amides is 1. The molecule has 8 heteroatoms. The molecule has 0 spiro atoms. The van der Waals surface area contributed by atoms with E-state index in [1.54, 1.807) is 29.5 Å². The Bertz CT molecular complexity index is 882. The average molecular weight is 384 g/mol. The van der Waals surface area contributed by atoms with Gasteiger partial charge >= 0.3 is 0 Å². The second-order valence-corrected chi connectivity index (χ2v) is 7.73. The number of nitrogens with one attached hydrogen (secondary N) is 1. The molecule has 0 atom stereocenters. The van der Waals surface area contributed by atoms with Crippen molar-refractivity contribution in [1.82, 2.24) is 9.97 Å². The Morgan fingerprint density at radius 3 is 2.87 bits per heavy atom. The average Bonchev–Trinajstić information content (AvgIpc) is 2.89. The van der Waals surface area contributed by atoms with E-state index in [0.717, 1.165) is 15.2 Å². The molecule has 0 saturated heterocycles. The van der Waals surface area contributed by atoms with Crippen LogP contribution in [0.5, 0.6) is 0 Å². The van der Waals surface area contributed by atoms with Gasteiger partial charge in [-0.2, -0.15) is 0 Å². The first kappa shape index (κ1) is 16.5. The van der Waals surface area contributed by atoms with Gasteiger partial charge in [0.2, 0.25) is 5.91 Å². The molecule has 0 fully saturated rings. The number of aryl methyl sites for hydroxylation is 1. The number of rotatable bonds is 4. The van der Waals surface area contributed by atoms with E-state index in [-0.39, 0.29) is 11.7 Å². The lowest BCUT2D eigenvalue weighted by Crippen LogP contribution is -2.14. The standard InChI is InChI=1S/C15H11Cl2N3OS2/c1-8-4-10-14(18-7-19-15(10)23-8)22-6-13(21)20-9-2-3-11(16)12(17)5-9/h2-5,7H,6H2,1H3,(H,20,21). The maximum absolute atomic E-state index is 12.1. The first-order valence-electron chi connectivity index (χ1n) is 6.62. The van der Waals surface area contributed by atoms with Crippen LogP contribution in [0, 0.1) is 6.92 Å². The zero-order valence-corrected chi connectivity index (χ0v) is 15.1. The Hall–Kier alpha value is -1.34. The largest absolute Gasteiger partial charge is 0.325 e. The number of hydrogen-bond acceptors (Lipinski definition) is 5. The zero-order valence-electron chi connectivity index (χ0n) is 12.0. The Morgan fingerprint density at radius 2 is 2.09 bits per heavy atom. The van der Waals surface area contributed by atoms with Crippen molar-refractivity contribution in [2.24, 2.45) is 0 Å². The highest BCUT2D eigenvalue weighted by Crippen LogP contribution is 2.30. The van der Waals surface area contributed by atoms with Crippen LogP contribution in [0.4, 0.5) is 5.69 Å². The number of nitrogens with zero attached hydrogens (tertiary/aromatic N) is 2. The van der Waals surface area contributed by atoms with E-state index in [2.05, 4.69) is 15.3 Å². The van der Waals surface area contributed by atoms with Crippen LogP contribution in [-0.2, 0) is 4.79 Å². The topological polar surface area (TPSA) is 54.9 Å². The number of aromatic nitrogens is 2. The van der Waals surface area contributed by atoms with Crippen molar-refractivity contribution in [2.45, 2.75) is 11.9 Å². The molecule has 0 saturated carbocycles. The molecule has 0 bridgehead atoms. The molecule has 4 nitrogen and oxygen atoms in total. The van der Waals surface area contributed by atoms with Crippen LogP contribution in [0.2, 0.25) is 10.0 Å². The van der Waals surface area contributed by atoms with Crippen molar-refractivity contribution in [2.75, 3.05) is 11.1 Å². The fourth-order valence-electron chi connectivity index (χ4n) is 1.97. The van der Waals surface area contributed by atoms with E-state index in [0.29, 0.717) is 15.7 Å². The molecule has 23 heavy (non-hydrogen) atoms. The van der Waals surface area contributed by atoms with Gasteiger partial charge in [0.1, 0.15) is 16.2 Å². The number of thiophene rings is 1. The number of halogens is 2. The number of hydrogen-bond donors (Lipinski definition) is 1. The Morgan fingerprint density at radius 1 is 1.26 bits per heavy atom. The normalized spacial score (nSPS) is 10.9. The third kappa shape index (κ3) is 3.95. The van der Waals surface area contributed by atoms with Crippen molar-refractivity contribution < 1.29 is 4.79 Å². The summed E-state index contributed by atoms with van der Waals surface area (Å²) in [6, 6.07) is 7.02. The van der Waals surface area contributed by atoms with E-state index in [9.17, 15) is 4.79 Å². The molecule has 1 aromatic carbocycles. The van der Waals surface area contributed by atoms with Crippen LogP contribution >= 0.6 is 46.3 Å². The maximum atomic E-state index is 12.1. The lowest BCUT2D eigenvalue weighted by Gasteiger charge is -2.06. The molecule has 0 radical (unpaired) electrons. The van der Waals surface area contributed by atoms with Gasteiger partial charge in [-0.05, 0) is 31.2 Å². The number of carbonyl (C=O) groups is 1. The summed E-state index contributed by atoms with van der Waals surface area (Å²) in [5.41, 5.74) is 0.615. The number of carbonyl (C=O) groups excluding carboxylic acids is 1. The quantitative estimate of drug-likeness (QED) is 0.506. The minimum atomic E-state index is -0.132. The smallest absolute Gasteiger partial charge is 0.234 e. The van der Waals surface area contributed by atoms with Gasteiger partial charge in [0.15, 0.2) is 0 Å². The summed E-state index contributed by atoms with van der Waals surface area (Å²) >= 11 is 14.8. The lowest BCUT2D eigenvalue weighted by atomic mass is 10.3. The minimum absolute atomic E-state index is 0.132. The summed E-state index contributed by atoms with van der Waals surface area (Å²) in [6.45, 7) is 2.03. The molecule has 2 heterocycles. The first-order valence-corrected chi connectivity index (χ1v) is 9.17. The van der Waals surface area contributed by atoms with Crippen molar-refractivity contribution in [3.05, 3.63) is 45.5 Å². The molecular formula is C15H11Cl2N3OS2. The van der Waals surface area contributed by atoms with Crippen molar-refractivity contribution in [3.63, 3.8) is 0 Å². The van der Waals surface area contributed by atoms with Gasteiger partial charge in [0, 0.05) is 16.0 Å². The molecule has 0 unspecified atom stereocenters. The number of fused-ring (bicyclic) bond motifs is 1. The molecule has 0 aliphatic rings. The zero-order chi connectivity index (χ0) is 16.4. The molecule has 1 N–H and O–H groups in total. The van der Waals surface area contributed by atoms with Crippen molar-refractivity contribution in [3.8, 4) is 0 Å². The van der Waals surface area contributed by atoms with Gasteiger partial charge in [-0.1, -0.05) is 35.0 Å². The van der Waals surface area contributed by atoms with Crippen LogP contribution in [0.15, 0.2) is 35.6 Å². The molecular weight excluding hydrogens is 373 g/mol. The Balaban J connectivity index is 1.67. The van der Waals surface area contributed by atoms with Gasteiger partial charge in [-0.3, -0.25) is 4.79 Å². The molecule has 3 aromatic rings. The molecule has 1 amide bonds. The van der Waals surface area contributed by atoms with Crippen molar-refractivity contribution >= 4 is 68.1 Å². The van der Waals surface area contributed by atoms with E-state index in [1.165, 1.54) is 23.0 Å². The van der Waals surface area contributed by atoms with Crippen LogP contribution in [0.1, 0.15) is 4.88 Å². The Kier molecular flexibility index (Phi) is 5.06. The summed E-state index contributed by atoms with van der Waals surface area (Å²) in [7, 11) is 0. The predicted molar refractivity (Wildman–Crippen MR) is 98.0 cm³/mol. The highest BCUT2D eigenvalue weighted by molar-refractivity contribution is 8.00. The molecule has 3 rings (SSSR count). The van der Waals surface area contributed by atoms with Gasteiger partial charge in [0.25, 0.3) is 0 Å². The van der Waals surface area contributed by atoms with Gasteiger partial charge in [-0.15, -0.1) is 11.3 Å². The summed E-state index contributed by atoms with van der Waals surface area (Å²) in [5.74, 6) is 0.119. The summed E-state index contributed by atoms with van der Waals surface area (Å²) in [6.07, 6.45) is 1.53. The van der Waals surface area contributed by atoms with Crippen LogP contribution in [0.25, 0.3) is 10.2 Å². The van der Waals surface area contributed by atoms with E-state index >= 15 is 0 Å².